The zero-order valence-electron chi connectivity index (χ0n) is 10.4. The molecule has 2 aliphatic rings. The van der Waals surface area contributed by atoms with Crippen LogP contribution in [0.25, 0.3) is 0 Å². The highest BCUT2D eigenvalue weighted by Crippen LogP contribution is 2.35. The maximum Gasteiger partial charge on any atom is 0.251 e. The topological polar surface area (TPSA) is 29.5 Å². The van der Waals surface area contributed by atoms with Crippen LogP contribution in [0.2, 0.25) is 0 Å². The van der Waals surface area contributed by atoms with Crippen molar-refractivity contribution in [2.75, 3.05) is 13.7 Å². The van der Waals surface area contributed by atoms with Gasteiger partial charge < -0.3 is 9.64 Å². The van der Waals surface area contributed by atoms with Crippen LogP contribution in [0.1, 0.15) is 45.4 Å². The second-order valence-corrected chi connectivity index (χ2v) is 5.16. The Bertz CT molecular complexity index is 248. The molecule has 0 N–H and O–H groups in total. The predicted octanol–water partition coefficient (Wildman–Crippen LogP) is 2.20. The molecule has 1 aliphatic carbocycles. The van der Waals surface area contributed by atoms with E-state index in [9.17, 15) is 4.79 Å². The van der Waals surface area contributed by atoms with Gasteiger partial charge in [0, 0.05) is 19.7 Å². The zero-order chi connectivity index (χ0) is 11.5. The molecule has 2 unspecified atom stereocenters. The third-order valence-electron chi connectivity index (χ3n) is 4.23. The van der Waals surface area contributed by atoms with E-state index in [1.165, 1.54) is 38.5 Å². The first-order chi connectivity index (χ1) is 7.74. The van der Waals surface area contributed by atoms with Crippen LogP contribution in [0.3, 0.4) is 0 Å². The average Bonchev–Trinajstić information content (AvgIpc) is 2.95. The van der Waals surface area contributed by atoms with Gasteiger partial charge in [0.2, 0.25) is 0 Å². The molecule has 1 amide bonds. The molecule has 0 aromatic heterocycles. The predicted molar refractivity (Wildman–Crippen MR) is 63.2 cm³/mol. The van der Waals surface area contributed by atoms with Gasteiger partial charge in [0.25, 0.3) is 5.91 Å². The molecule has 2 fully saturated rings. The average molecular weight is 225 g/mol. The molecule has 92 valence electrons. The highest BCUT2D eigenvalue weighted by molar-refractivity contribution is 5.81. The molecule has 0 spiro atoms. The van der Waals surface area contributed by atoms with Gasteiger partial charge in [0.15, 0.2) is 0 Å². The Balaban J connectivity index is 1.99. The molecule has 3 heteroatoms. The van der Waals surface area contributed by atoms with E-state index in [0.717, 1.165) is 12.5 Å². The van der Waals surface area contributed by atoms with Crippen molar-refractivity contribution in [3.05, 3.63) is 0 Å². The smallest absolute Gasteiger partial charge is 0.251 e. The first-order valence-corrected chi connectivity index (χ1v) is 6.57. The largest absolute Gasteiger partial charge is 0.372 e. The number of methoxy groups -OCH3 is 1. The molecule has 0 aromatic carbocycles. The summed E-state index contributed by atoms with van der Waals surface area (Å²) in [6, 6.07) is 0.507. The van der Waals surface area contributed by atoms with Gasteiger partial charge in [-0.05, 0) is 38.5 Å². The normalized spacial score (nSPS) is 28.6. The van der Waals surface area contributed by atoms with Gasteiger partial charge in [-0.1, -0.05) is 12.8 Å². The van der Waals surface area contributed by atoms with E-state index < -0.39 is 0 Å². The first kappa shape index (κ1) is 11.9. The fraction of sp³-hybridized carbons (Fsp3) is 0.923. The van der Waals surface area contributed by atoms with E-state index in [1.54, 1.807) is 7.11 Å². The highest BCUT2D eigenvalue weighted by Gasteiger charge is 2.37. The van der Waals surface area contributed by atoms with E-state index in [4.69, 9.17) is 4.74 Å². The third kappa shape index (κ3) is 2.24. The molecule has 0 bridgehead atoms. The molecule has 1 heterocycles. The number of hydrogen-bond acceptors (Lipinski definition) is 2. The van der Waals surface area contributed by atoms with E-state index in [1.807, 2.05) is 6.92 Å². The Labute approximate surface area is 98.1 Å². The summed E-state index contributed by atoms with van der Waals surface area (Å²) in [5.74, 6) is 0.951. The van der Waals surface area contributed by atoms with Crippen molar-refractivity contribution in [2.45, 2.75) is 57.6 Å². The van der Waals surface area contributed by atoms with Crippen LogP contribution < -0.4 is 0 Å². The standard InChI is InChI=1S/C13H23NO2/c1-10(16-2)13(15)14-9-5-8-12(14)11-6-3-4-7-11/h10-12H,3-9H2,1-2H3. The summed E-state index contributed by atoms with van der Waals surface area (Å²) in [6.45, 7) is 2.79. The summed E-state index contributed by atoms with van der Waals surface area (Å²) in [6.07, 6.45) is 7.43. The van der Waals surface area contributed by atoms with Gasteiger partial charge in [0.1, 0.15) is 6.10 Å². The molecule has 3 nitrogen and oxygen atoms in total. The zero-order valence-corrected chi connectivity index (χ0v) is 10.4. The Kier molecular flexibility index (Phi) is 3.85. The van der Waals surface area contributed by atoms with Crippen molar-refractivity contribution in [1.82, 2.24) is 4.90 Å². The summed E-state index contributed by atoms with van der Waals surface area (Å²) in [5.41, 5.74) is 0. The van der Waals surface area contributed by atoms with Crippen molar-refractivity contribution in [2.24, 2.45) is 5.92 Å². The van der Waals surface area contributed by atoms with E-state index in [0.29, 0.717) is 6.04 Å². The summed E-state index contributed by atoms with van der Waals surface area (Å²) >= 11 is 0. The number of hydrogen-bond donors (Lipinski definition) is 0. The lowest BCUT2D eigenvalue weighted by Gasteiger charge is -2.31. The van der Waals surface area contributed by atoms with Crippen LogP contribution in [0.15, 0.2) is 0 Å². The molecule has 1 saturated carbocycles. The van der Waals surface area contributed by atoms with E-state index >= 15 is 0 Å². The minimum absolute atomic E-state index is 0.192. The van der Waals surface area contributed by atoms with Crippen molar-refractivity contribution in [1.29, 1.82) is 0 Å². The molecule has 1 aliphatic heterocycles. The summed E-state index contributed by atoms with van der Waals surface area (Å²) < 4.78 is 5.14. The molecule has 2 atom stereocenters. The van der Waals surface area contributed by atoms with Crippen LogP contribution in [0.5, 0.6) is 0 Å². The summed E-state index contributed by atoms with van der Waals surface area (Å²) in [4.78, 5) is 14.2. The quantitative estimate of drug-likeness (QED) is 0.737. The Morgan fingerprint density at radius 2 is 1.94 bits per heavy atom. The monoisotopic (exact) mass is 225 g/mol. The van der Waals surface area contributed by atoms with Gasteiger partial charge in [0.05, 0.1) is 0 Å². The summed E-state index contributed by atoms with van der Waals surface area (Å²) in [5, 5.41) is 0. The number of rotatable bonds is 3. The number of amides is 1. The van der Waals surface area contributed by atoms with Gasteiger partial charge in [-0.2, -0.15) is 0 Å². The molecule has 0 aromatic rings. The van der Waals surface area contributed by atoms with Crippen LogP contribution >= 0.6 is 0 Å². The molecule has 1 saturated heterocycles. The second-order valence-electron chi connectivity index (χ2n) is 5.16. The maximum absolute atomic E-state index is 12.1. The molecule has 2 rings (SSSR count). The number of carbonyl (C=O) groups is 1. The third-order valence-corrected chi connectivity index (χ3v) is 4.23. The minimum atomic E-state index is -0.276. The van der Waals surface area contributed by atoms with Crippen molar-refractivity contribution in [3.63, 3.8) is 0 Å². The summed E-state index contributed by atoms with van der Waals surface area (Å²) in [7, 11) is 1.61. The van der Waals surface area contributed by atoms with E-state index in [2.05, 4.69) is 4.90 Å². The maximum atomic E-state index is 12.1. The number of nitrogens with zero attached hydrogens (tertiary/aromatic N) is 1. The van der Waals surface area contributed by atoms with Crippen molar-refractivity contribution >= 4 is 5.91 Å². The lowest BCUT2D eigenvalue weighted by molar-refractivity contribution is -0.142. The lowest BCUT2D eigenvalue weighted by atomic mass is 9.96. The Morgan fingerprint density at radius 1 is 1.25 bits per heavy atom. The van der Waals surface area contributed by atoms with Crippen LogP contribution in [0.4, 0.5) is 0 Å². The molecule has 16 heavy (non-hydrogen) atoms. The molecular formula is C13H23NO2. The Morgan fingerprint density at radius 3 is 2.56 bits per heavy atom. The van der Waals surface area contributed by atoms with Crippen LogP contribution in [-0.2, 0) is 9.53 Å². The second kappa shape index (κ2) is 5.17. The van der Waals surface area contributed by atoms with Gasteiger partial charge in [-0.15, -0.1) is 0 Å². The molecule has 0 radical (unpaired) electrons. The van der Waals surface area contributed by atoms with Crippen molar-refractivity contribution in [3.8, 4) is 0 Å². The first-order valence-electron chi connectivity index (χ1n) is 6.57. The van der Waals surface area contributed by atoms with Crippen LogP contribution in [-0.4, -0.2) is 36.6 Å². The van der Waals surface area contributed by atoms with Crippen LogP contribution in [0, 0.1) is 5.92 Å². The van der Waals surface area contributed by atoms with Gasteiger partial charge in [-0.25, -0.2) is 0 Å². The number of ether oxygens (including phenoxy) is 1. The lowest BCUT2D eigenvalue weighted by Crippen LogP contribution is -2.44. The van der Waals surface area contributed by atoms with Gasteiger partial charge in [-0.3, -0.25) is 4.79 Å². The fourth-order valence-corrected chi connectivity index (χ4v) is 3.23. The van der Waals surface area contributed by atoms with E-state index in [-0.39, 0.29) is 12.0 Å². The highest BCUT2D eigenvalue weighted by atomic mass is 16.5. The van der Waals surface area contributed by atoms with Gasteiger partial charge >= 0.3 is 0 Å². The molecular weight excluding hydrogens is 202 g/mol. The SMILES string of the molecule is COC(C)C(=O)N1CCCC1C1CCCC1. The minimum Gasteiger partial charge on any atom is -0.372 e. The fourth-order valence-electron chi connectivity index (χ4n) is 3.23. The van der Waals surface area contributed by atoms with Crippen molar-refractivity contribution < 1.29 is 9.53 Å². The Hall–Kier alpha value is -0.570. The number of carbonyl (C=O) groups excluding carboxylic acids is 1. The number of likely N-dealkylation sites (tertiary alicyclic amines) is 1.